The minimum atomic E-state index is -3.61. The second-order valence-electron chi connectivity index (χ2n) is 5.27. The number of rotatable bonds is 4. The molecule has 2 rings (SSSR count). The van der Waals surface area contributed by atoms with Crippen LogP contribution in [0.5, 0.6) is 0 Å². The molecule has 1 fully saturated rings. The number of hydrogen-bond donors (Lipinski definition) is 0. The molecule has 0 bridgehead atoms. The van der Waals surface area contributed by atoms with Gasteiger partial charge in [0.05, 0.1) is 9.37 Å². The van der Waals surface area contributed by atoms with Crippen LogP contribution in [-0.4, -0.2) is 49.8 Å². The maximum atomic E-state index is 13.6. The topological polar surface area (TPSA) is 40.6 Å². The van der Waals surface area contributed by atoms with Crippen molar-refractivity contribution < 1.29 is 12.8 Å². The van der Waals surface area contributed by atoms with E-state index in [4.69, 9.17) is 0 Å². The molecule has 1 saturated heterocycles. The zero-order valence-electron chi connectivity index (χ0n) is 12.2. The lowest BCUT2D eigenvalue weighted by atomic mass is 10.2. The van der Waals surface area contributed by atoms with Gasteiger partial charge in [0.15, 0.2) is 0 Å². The van der Waals surface area contributed by atoms with Crippen LogP contribution in [0.4, 0.5) is 4.39 Å². The van der Waals surface area contributed by atoms with E-state index in [0.29, 0.717) is 32.2 Å². The number of hydrogen-bond acceptors (Lipinski definition) is 3. The van der Waals surface area contributed by atoms with E-state index in [0.717, 1.165) is 12.5 Å². The molecule has 1 aromatic rings. The highest BCUT2D eigenvalue weighted by atomic mass is 79.9. The number of piperazine rings is 1. The molecular weight excluding hydrogens is 359 g/mol. The summed E-state index contributed by atoms with van der Waals surface area (Å²) in [6.45, 7) is 6.60. The minimum Gasteiger partial charge on any atom is -0.298 e. The summed E-state index contributed by atoms with van der Waals surface area (Å²) in [5.74, 6) is -0.561. The van der Waals surface area contributed by atoms with Gasteiger partial charge in [0, 0.05) is 32.2 Å². The third kappa shape index (κ3) is 3.64. The first-order valence-corrected chi connectivity index (χ1v) is 9.28. The van der Waals surface area contributed by atoms with Gasteiger partial charge in [-0.3, -0.25) is 4.90 Å². The van der Waals surface area contributed by atoms with Crippen LogP contribution in [0.3, 0.4) is 0 Å². The van der Waals surface area contributed by atoms with E-state index >= 15 is 0 Å². The summed E-state index contributed by atoms with van der Waals surface area (Å²) in [5.41, 5.74) is 0. The van der Waals surface area contributed by atoms with Crippen molar-refractivity contribution in [2.75, 3.05) is 26.2 Å². The molecule has 0 N–H and O–H groups in total. The lowest BCUT2D eigenvalue weighted by Gasteiger charge is -2.37. The standard InChI is InChI=1S/C14H20BrFN2O2S/c1-3-11(2)17-6-8-18(9-7-17)21(19,20)12-4-5-13(15)14(16)10-12/h4-5,10-11H,3,6-9H2,1-2H3. The molecule has 4 nitrogen and oxygen atoms in total. The van der Waals surface area contributed by atoms with Crippen LogP contribution in [-0.2, 0) is 10.0 Å². The van der Waals surface area contributed by atoms with E-state index in [2.05, 4.69) is 34.7 Å². The maximum absolute atomic E-state index is 13.6. The normalized spacial score (nSPS) is 19.6. The number of benzene rings is 1. The fraction of sp³-hybridized carbons (Fsp3) is 0.571. The molecule has 21 heavy (non-hydrogen) atoms. The van der Waals surface area contributed by atoms with E-state index in [-0.39, 0.29) is 9.37 Å². The fourth-order valence-corrected chi connectivity index (χ4v) is 4.11. The van der Waals surface area contributed by atoms with Gasteiger partial charge in [0.25, 0.3) is 0 Å². The Bertz CT molecular complexity index is 601. The van der Waals surface area contributed by atoms with Gasteiger partial charge >= 0.3 is 0 Å². The summed E-state index contributed by atoms with van der Waals surface area (Å²) >= 11 is 3.03. The molecule has 1 atom stereocenters. The van der Waals surface area contributed by atoms with E-state index in [1.54, 1.807) is 0 Å². The van der Waals surface area contributed by atoms with Crippen molar-refractivity contribution in [2.45, 2.75) is 31.2 Å². The Hall–Kier alpha value is -0.500. The molecule has 1 aliphatic heterocycles. The van der Waals surface area contributed by atoms with Gasteiger partial charge in [0.2, 0.25) is 10.0 Å². The zero-order valence-corrected chi connectivity index (χ0v) is 14.6. The molecule has 7 heteroatoms. The van der Waals surface area contributed by atoms with Crippen molar-refractivity contribution in [3.8, 4) is 0 Å². The van der Waals surface area contributed by atoms with Crippen molar-refractivity contribution >= 4 is 26.0 Å². The highest BCUT2D eigenvalue weighted by Crippen LogP contribution is 2.23. The van der Waals surface area contributed by atoms with Crippen LogP contribution < -0.4 is 0 Å². The number of nitrogens with zero attached hydrogens (tertiary/aromatic N) is 2. The number of halogens is 2. The van der Waals surface area contributed by atoms with Gasteiger partial charge in [-0.05, 0) is 47.5 Å². The van der Waals surface area contributed by atoms with Crippen molar-refractivity contribution in [3.05, 3.63) is 28.5 Å². The van der Waals surface area contributed by atoms with Gasteiger partial charge in [0.1, 0.15) is 5.82 Å². The summed E-state index contributed by atoms with van der Waals surface area (Å²) in [5, 5.41) is 0. The van der Waals surface area contributed by atoms with E-state index < -0.39 is 15.8 Å². The molecule has 118 valence electrons. The molecule has 1 aliphatic rings. The minimum absolute atomic E-state index is 0.0141. The molecule has 0 aromatic heterocycles. The number of sulfonamides is 1. The van der Waals surface area contributed by atoms with E-state index in [1.165, 1.54) is 16.4 Å². The second kappa shape index (κ2) is 6.73. The molecule has 0 aliphatic carbocycles. The Morgan fingerprint density at radius 1 is 1.29 bits per heavy atom. The first-order chi connectivity index (χ1) is 9.86. The van der Waals surface area contributed by atoms with Crippen molar-refractivity contribution in [3.63, 3.8) is 0 Å². The van der Waals surface area contributed by atoms with Gasteiger partial charge in [-0.15, -0.1) is 0 Å². The Kier molecular flexibility index (Phi) is 5.40. The lowest BCUT2D eigenvalue weighted by Crippen LogP contribution is -2.51. The first-order valence-electron chi connectivity index (χ1n) is 7.05. The Balaban J connectivity index is 2.13. The molecule has 1 aromatic carbocycles. The predicted octanol–water partition coefficient (Wildman–Crippen LogP) is 2.69. The largest absolute Gasteiger partial charge is 0.298 e. The summed E-state index contributed by atoms with van der Waals surface area (Å²) in [6, 6.07) is 4.39. The summed E-state index contributed by atoms with van der Waals surface area (Å²) in [6.07, 6.45) is 1.05. The Morgan fingerprint density at radius 2 is 1.90 bits per heavy atom. The van der Waals surface area contributed by atoms with Crippen LogP contribution in [0.25, 0.3) is 0 Å². The molecule has 1 heterocycles. The van der Waals surface area contributed by atoms with E-state index in [9.17, 15) is 12.8 Å². The molecule has 0 radical (unpaired) electrons. The van der Waals surface area contributed by atoms with Crippen molar-refractivity contribution in [1.29, 1.82) is 0 Å². The third-order valence-corrected chi connectivity index (χ3v) is 6.55. The molecule has 0 amide bonds. The Labute approximate surface area is 134 Å². The zero-order chi connectivity index (χ0) is 15.6. The predicted molar refractivity (Wildman–Crippen MR) is 84.2 cm³/mol. The smallest absolute Gasteiger partial charge is 0.243 e. The first kappa shape index (κ1) is 16.9. The molecule has 0 saturated carbocycles. The van der Waals surface area contributed by atoms with Gasteiger partial charge in [-0.25, -0.2) is 12.8 Å². The maximum Gasteiger partial charge on any atom is 0.243 e. The highest BCUT2D eigenvalue weighted by molar-refractivity contribution is 9.10. The van der Waals surface area contributed by atoms with Crippen LogP contribution in [0.2, 0.25) is 0 Å². The van der Waals surface area contributed by atoms with Crippen molar-refractivity contribution in [1.82, 2.24) is 9.21 Å². The average Bonchev–Trinajstić information content (AvgIpc) is 2.49. The van der Waals surface area contributed by atoms with Crippen molar-refractivity contribution in [2.24, 2.45) is 0 Å². The monoisotopic (exact) mass is 378 g/mol. The van der Waals surface area contributed by atoms with Crippen LogP contribution in [0, 0.1) is 5.82 Å². The second-order valence-corrected chi connectivity index (χ2v) is 8.07. The van der Waals surface area contributed by atoms with Crippen LogP contribution in [0.1, 0.15) is 20.3 Å². The quantitative estimate of drug-likeness (QED) is 0.808. The van der Waals surface area contributed by atoms with Crippen LogP contribution in [0.15, 0.2) is 27.6 Å². The Morgan fingerprint density at radius 3 is 2.43 bits per heavy atom. The highest BCUT2D eigenvalue weighted by Gasteiger charge is 2.30. The van der Waals surface area contributed by atoms with Gasteiger partial charge in [-0.1, -0.05) is 6.92 Å². The summed E-state index contributed by atoms with van der Waals surface area (Å²) in [7, 11) is -3.61. The van der Waals surface area contributed by atoms with Crippen LogP contribution >= 0.6 is 15.9 Å². The average molecular weight is 379 g/mol. The van der Waals surface area contributed by atoms with E-state index in [1.807, 2.05) is 0 Å². The van der Waals surface area contributed by atoms with Gasteiger partial charge < -0.3 is 0 Å². The lowest BCUT2D eigenvalue weighted by molar-refractivity contribution is 0.142. The van der Waals surface area contributed by atoms with Gasteiger partial charge in [-0.2, -0.15) is 4.31 Å². The molecular formula is C14H20BrFN2O2S. The third-order valence-electron chi connectivity index (χ3n) is 4.02. The summed E-state index contributed by atoms with van der Waals surface area (Å²) < 4.78 is 40.3. The SMILES string of the molecule is CCC(C)N1CCN(S(=O)(=O)c2ccc(Br)c(F)c2)CC1. The fourth-order valence-electron chi connectivity index (χ4n) is 2.43. The molecule has 1 unspecified atom stereocenters. The molecule has 0 spiro atoms. The summed E-state index contributed by atoms with van der Waals surface area (Å²) in [4.78, 5) is 2.30.